The molecule has 100 valence electrons. The Morgan fingerprint density at radius 2 is 1.68 bits per heavy atom. The summed E-state index contributed by atoms with van der Waals surface area (Å²) in [6, 6.07) is 17.1. The third kappa shape index (κ3) is 3.57. The van der Waals surface area contributed by atoms with Crippen molar-refractivity contribution in [1.82, 2.24) is 0 Å². The van der Waals surface area contributed by atoms with Crippen molar-refractivity contribution >= 4 is 11.6 Å². The predicted octanol–water partition coefficient (Wildman–Crippen LogP) is 3.42. The zero-order valence-electron chi connectivity index (χ0n) is 10.8. The second-order valence-electron chi connectivity index (χ2n) is 4.63. The molecule has 2 rings (SSSR count). The van der Waals surface area contributed by atoms with Gasteiger partial charge >= 0.3 is 0 Å². The van der Waals surface area contributed by atoms with Gasteiger partial charge in [0, 0.05) is 18.6 Å². The smallest absolute Gasteiger partial charge is 0.117 e. The van der Waals surface area contributed by atoms with Crippen LogP contribution in [-0.2, 0) is 16.8 Å². The first-order valence-corrected chi connectivity index (χ1v) is 6.53. The van der Waals surface area contributed by atoms with Gasteiger partial charge in [-0.15, -0.1) is 0 Å². The highest BCUT2D eigenvalue weighted by Gasteiger charge is 2.29. The molecular formula is C16H17ClO2. The Balaban J connectivity index is 2.27. The van der Waals surface area contributed by atoms with E-state index in [1.54, 1.807) is 7.11 Å². The van der Waals surface area contributed by atoms with Crippen molar-refractivity contribution in [2.45, 2.75) is 12.0 Å². The van der Waals surface area contributed by atoms with Crippen LogP contribution in [0.4, 0.5) is 0 Å². The number of hydrogen-bond acceptors (Lipinski definition) is 2. The summed E-state index contributed by atoms with van der Waals surface area (Å²) in [5.74, 6) is 0. The van der Waals surface area contributed by atoms with Crippen LogP contribution in [0.15, 0.2) is 54.6 Å². The van der Waals surface area contributed by atoms with E-state index in [1.165, 1.54) is 0 Å². The predicted molar refractivity (Wildman–Crippen MR) is 77.4 cm³/mol. The van der Waals surface area contributed by atoms with E-state index in [0.717, 1.165) is 11.1 Å². The molecule has 0 heterocycles. The lowest BCUT2D eigenvalue weighted by Gasteiger charge is -2.28. The summed E-state index contributed by atoms with van der Waals surface area (Å²) in [6.07, 6.45) is 0.488. The summed E-state index contributed by atoms with van der Waals surface area (Å²) in [7, 11) is 1.59. The van der Waals surface area contributed by atoms with E-state index in [9.17, 15) is 5.11 Å². The maximum absolute atomic E-state index is 10.8. The first-order chi connectivity index (χ1) is 9.14. The van der Waals surface area contributed by atoms with Crippen LogP contribution in [0.25, 0.3) is 0 Å². The van der Waals surface area contributed by atoms with Crippen LogP contribution < -0.4 is 0 Å². The van der Waals surface area contributed by atoms with E-state index in [4.69, 9.17) is 16.3 Å². The molecule has 0 fully saturated rings. The second-order valence-corrected chi connectivity index (χ2v) is 5.07. The van der Waals surface area contributed by atoms with E-state index in [2.05, 4.69) is 0 Å². The number of hydrogen-bond donors (Lipinski definition) is 1. The number of methoxy groups -OCH3 is 1. The highest BCUT2D eigenvalue weighted by atomic mass is 35.5. The van der Waals surface area contributed by atoms with Crippen LogP contribution in [0.2, 0.25) is 5.02 Å². The van der Waals surface area contributed by atoms with Gasteiger partial charge in [-0.25, -0.2) is 0 Å². The Morgan fingerprint density at radius 3 is 2.26 bits per heavy atom. The molecule has 0 aliphatic carbocycles. The van der Waals surface area contributed by atoms with Gasteiger partial charge in [-0.2, -0.15) is 0 Å². The van der Waals surface area contributed by atoms with Crippen LogP contribution in [-0.4, -0.2) is 18.8 Å². The number of halogens is 1. The van der Waals surface area contributed by atoms with Crippen LogP contribution in [0.1, 0.15) is 11.1 Å². The molecule has 0 spiro atoms. The maximum atomic E-state index is 10.8. The maximum Gasteiger partial charge on any atom is 0.117 e. The average Bonchev–Trinajstić information content (AvgIpc) is 2.43. The van der Waals surface area contributed by atoms with Crippen molar-refractivity contribution in [3.05, 3.63) is 70.7 Å². The number of benzene rings is 2. The largest absolute Gasteiger partial charge is 0.382 e. The van der Waals surface area contributed by atoms with Crippen molar-refractivity contribution in [1.29, 1.82) is 0 Å². The normalized spacial score (nSPS) is 14.1. The third-order valence-corrected chi connectivity index (χ3v) is 3.36. The zero-order valence-corrected chi connectivity index (χ0v) is 11.6. The topological polar surface area (TPSA) is 29.5 Å². The first kappa shape index (κ1) is 14.1. The van der Waals surface area contributed by atoms with Crippen LogP contribution in [0, 0.1) is 0 Å². The monoisotopic (exact) mass is 276 g/mol. The standard InChI is InChI=1S/C16H17ClO2/c1-19-12-16(18,14-5-3-2-4-6-14)11-13-7-9-15(17)10-8-13/h2-10,18H,11-12H2,1H3. The lowest BCUT2D eigenvalue weighted by Crippen LogP contribution is -2.33. The lowest BCUT2D eigenvalue weighted by molar-refractivity contribution is -0.0355. The minimum Gasteiger partial charge on any atom is -0.382 e. The third-order valence-electron chi connectivity index (χ3n) is 3.10. The number of aliphatic hydroxyl groups is 1. The summed E-state index contributed by atoms with van der Waals surface area (Å²) in [4.78, 5) is 0. The molecule has 2 aromatic carbocycles. The Labute approximate surface area is 118 Å². The summed E-state index contributed by atoms with van der Waals surface area (Å²) < 4.78 is 5.18. The molecule has 1 N–H and O–H groups in total. The van der Waals surface area contributed by atoms with Gasteiger partial charge in [0.15, 0.2) is 0 Å². The van der Waals surface area contributed by atoms with Crippen molar-refractivity contribution < 1.29 is 9.84 Å². The second kappa shape index (κ2) is 6.20. The molecule has 0 aliphatic rings. The molecule has 1 atom stereocenters. The zero-order chi connectivity index (χ0) is 13.7. The van der Waals surface area contributed by atoms with Crippen LogP contribution in [0.3, 0.4) is 0 Å². The first-order valence-electron chi connectivity index (χ1n) is 6.15. The minimum atomic E-state index is -1.02. The molecular weight excluding hydrogens is 260 g/mol. The molecule has 0 aliphatic heterocycles. The van der Waals surface area contributed by atoms with Gasteiger partial charge in [-0.05, 0) is 23.3 Å². The van der Waals surface area contributed by atoms with E-state index < -0.39 is 5.60 Å². The molecule has 0 saturated carbocycles. The van der Waals surface area contributed by atoms with Crippen molar-refractivity contribution in [2.24, 2.45) is 0 Å². The molecule has 2 nitrogen and oxygen atoms in total. The molecule has 1 unspecified atom stereocenters. The van der Waals surface area contributed by atoms with E-state index in [-0.39, 0.29) is 6.61 Å². The Morgan fingerprint density at radius 1 is 1.05 bits per heavy atom. The minimum absolute atomic E-state index is 0.250. The van der Waals surface area contributed by atoms with E-state index >= 15 is 0 Å². The van der Waals surface area contributed by atoms with Gasteiger partial charge in [0.1, 0.15) is 5.60 Å². The summed E-state index contributed by atoms with van der Waals surface area (Å²) in [5.41, 5.74) is 0.851. The van der Waals surface area contributed by atoms with Gasteiger partial charge in [0.25, 0.3) is 0 Å². The van der Waals surface area contributed by atoms with Gasteiger partial charge in [0.2, 0.25) is 0 Å². The summed E-state index contributed by atoms with van der Waals surface area (Å²) >= 11 is 5.87. The summed E-state index contributed by atoms with van der Waals surface area (Å²) in [5, 5.41) is 11.5. The molecule has 0 amide bonds. The molecule has 0 aromatic heterocycles. The fraction of sp³-hybridized carbons (Fsp3) is 0.250. The SMILES string of the molecule is COCC(O)(Cc1ccc(Cl)cc1)c1ccccc1. The number of ether oxygens (including phenoxy) is 1. The Kier molecular flexibility index (Phi) is 4.59. The Hall–Kier alpha value is -1.35. The van der Waals surface area contributed by atoms with Gasteiger partial charge in [-0.1, -0.05) is 54.1 Å². The van der Waals surface area contributed by atoms with Crippen molar-refractivity contribution in [3.63, 3.8) is 0 Å². The van der Waals surface area contributed by atoms with Gasteiger partial charge in [0.05, 0.1) is 6.61 Å². The van der Waals surface area contributed by atoms with Crippen molar-refractivity contribution in [2.75, 3.05) is 13.7 Å². The van der Waals surface area contributed by atoms with Crippen molar-refractivity contribution in [3.8, 4) is 0 Å². The fourth-order valence-corrected chi connectivity index (χ4v) is 2.29. The lowest BCUT2D eigenvalue weighted by atomic mass is 9.88. The quantitative estimate of drug-likeness (QED) is 0.907. The van der Waals surface area contributed by atoms with E-state index in [1.807, 2.05) is 54.6 Å². The highest BCUT2D eigenvalue weighted by Crippen LogP contribution is 2.26. The van der Waals surface area contributed by atoms with E-state index in [0.29, 0.717) is 11.4 Å². The molecule has 19 heavy (non-hydrogen) atoms. The fourth-order valence-electron chi connectivity index (χ4n) is 2.16. The highest BCUT2D eigenvalue weighted by molar-refractivity contribution is 6.30. The molecule has 3 heteroatoms. The Bertz CT molecular complexity index is 510. The summed E-state index contributed by atoms with van der Waals surface area (Å²) in [6.45, 7) is 0.250. The van der Waals surface area contributed by atoms with Gasteiger partial charge < -0.3 is 9.84 Å². The number of rotatable bonds is 5. The average molecular weight is 277 g/mol. The van der Waals surface area contributed by atoms with Crippen LogP contribution >= 0.6 is 11.6 Å². The molecule has 0 radical (unpaired) electrons. The molecule has 0 bridgehead atoms. The van der Waals surface area contributed by atoms with Gasteiger partial charge in [-0.3, -0.25) is 0 Å². The van der Waals surface area contributed by atoms with Crippen LogP contribution in [0.5, 0.6) is 0 Å². The molecule has 2 aromatic rings. The molecule has 0 saturated heterocycles.